The molecular weight excluding hydrogens is 330 g/mol. The standard InChI is InChI=1S/C19H21N5O2/c20-9-16-13-23(15-5-6-22(12-15)7-8-25)19(26)24(16)18-11-21-10-14-3-1-2-4-17(14)18/h1-4,10-11,15-16,25H,5-8,12-13H2/t15-,16-/m1/s1. The Morgan fingerprint density at radius 2 is 2.12 bits per heavy atom. The topological polar surface area (TPSA) is 83.7 Å². The third kappa shape index (κ3) is 2.77. The minimum Gasteiger partial charge on any atom is -0.395 e. The highest BCUT2D eigenvalue weighted by Crippen LogP contribution is 2.32. The van der Waals surface area contributed by atoms with Crippen molar-refractivity contribution in [2.75, 3.05) is 37.7 Å². The fourth-order valence-electron chi connectivity index (χ4n) is 4.00. The molecule has 4 rings (SSSR count). The molecule has 0 aliphatic carbocycles. The lowest BCUT2D eigenvalue weighted by molar-refractivity contribution is 0.189. The highest BCUT2D eigenvalue weighted by Gasteiger charge is 2.43. The monoisotopic (exact) mass is 351 g/mol. The molecule has 0 spiro atoms. The Kier molecular flexibility index (Phi) is 4.45. The van der Waals surface area contributed by atoms with Crippen molar-refractivity contribution in [1.82, 2.24) is 14.8 Å². The minimum atomic E-state index is -0.526. The highest BCUT2D eigenvalue weighted by molar-refractivity contribution is 6.04. The number of benzene rings is 1. The van der Waals surface area contributed by atoms with Crippen LogP contribution < -0.4 is 4.90 Å². The average Bonchev–Trinajstić information content (AvgIpc) is 3.25. The van der Waals surface area contributed by atoms with Crippen molar-refractivity contribution in [3.05, 3.63) is 36.7 Å². The van der Waals surface area contributed by atoms with Gasteiger partial charge in [0, 0.05) is 42.6 Å². The van der Waals surface area contributed by atoms with Crippen molar-refractivity contribution in [2.24, 2.45) is 0 Å². The first-order chi connectivity index (χ1) is 12.7. The largest absolute Gasteiger partial charge is 0.395 e. The number of amides is 2. The van der Waals surface area contributed by atoms with Crippen molar-refractivity contribution < 1.29 is 9.90 Å². The van der Waals surface area contributed by atoms with E-state index in [1.165, 1.54) is 0 Å². The SMILES string of the molecule is N#C[C@@H]1CN([C@@H]2CCN(CCO)C2)C(=O)N1c1cncc2ccccc12. The summed E-state index contributed by atoms with van der Waals surface area (Å²) in [6.07, 6.45) is 4.30. The number of aliphatic hydroxyl groups excluding tert-OH is 1. The smallest absolute Gasteiger partial charge is 0.326 e. The van der Waals surface area contributed by atoms with Crippen LogP contribution in [0.3, 0.4) is 0 Å². The number of likely N-dealkylation sites (tertiary alicyclic amines) is 1. The first-order valence-corrected chi connectivity index (χ1v) is 8.88. The Hall–Kier alpha value is -2.69. The zero-order valence-corrected chi connectivity index (χ0v) is 14.5. The summed E-state index contributed by atoms with van der Waals surface area (Å²) in [5, 5.41) is 20.6. The first kappa shape index (κ1) is 16.8. The average molecular weight is 351 g/mol. The highest BCUT2D eigenvalue weighted by atomic mass is 16.3. The molecule has 2 aromatic rings. The van der Waals surface area contributed by atoms with Gasteiger partial charge in [0.2, 0.25) is 0 Å². The minimum absolute atomic E-state index is 0.0813. The zero-order chi connectivity index (χ0) is 18.1. The molecule has 0 bridgehead atoms. The van der Waals surface area contributed by atoms with Gasteiger partial charge in [0.05, 0.1) is 31.1 Å². The molecule has 134 valence electrons. The summed E-state index contributed by atoms with van der Waals surface area (Å²) in [4.78, 5) is 23.0. The molecule has 1 aromatic heterocycles. The number of aliphatic hydroxyl groups is 1. The van der Waals surface area contributed by atoms with Crippen LogP contribution in [0.5, 0.6) is 0 Å². The molecule has 0 radical (unpaired) electrons. The van der Waals surface area contributed by atoms with Gasteiger partial charge < -0.3 is 10.0 Å². The van der Waals surface area contributed by atoms with Crippen molar-refractivity contribution in [2.45, 2.75) is 18.5 Å². The number of aromatic nitrogens is 1. The van der Waals surface area contributed by atoms with E-state index in [9.17, 15) is 10.1 Å². The maximum Gasteiger partial charge on any atom is 0.326 e. The number of nitriles is 1. The van der Waals surface area contributed by atoms with E-state index in [-0.39, 0.29) is 18.7 Å². The predicted molar refractivity (Wildman–Crippen MR) is 97.7 cm³/mol. The molecule has 2 saturated heterocycles. The number of urea groups is 1. The first-order valence-electron chi connectivity index (χ1n) is 8.88. The molecule has 0 saturated carbocycles. The van der Waals surface area contributed by atoms with Gasteiger partial charge in [-0.05, 0) is 6.42 Å². The molecule has 7 heteroatoms. The Labute approximate surface area is 152 Å². The van der Waals surface area contributed by atoms with Gasteiger partial charge in [-0.1, -0.05) is 24.3 Å². The van der Waals surface area contributed by atoms with E-state index in [2.05, 4.69) is 16.0 Å². The van der Waals surface area contributed by atoms with Gasteiger partial charge in [0.25, 0.3) is 0 Å². The Balaban J connectivity index is 1.64. The Morgan fingerprint density at radius 3 is 2.92 bits per heavy atom. The molecule has 2 aliphatic rings. The molecule has 1 N–H and O–H groups in total. The fourth-order valence-corrected chi connectivity index (χ4v) is 4.00. The summed E-state index contributed by atoms with van der Waals surface area (Å²) in [5.41, 5.74) is 0.687. The number of pyridine rings is 1. The van der Waals surface area contributed by atoms with E-state index in [1.54, 1.807) is 17.3 Å². The third-order valence-electron chi connectivity index (χ3n) is 5.29. The number of rotatable bonds is 4. The summed E-state index contributed by atoms with van der Waals surface area (Å²) >= 11 is 0. The molecule has 0 unspecified atom stereocenters. The number of hydrogen-bond acceptors (Lipinski definition) is 5. The van der Waals surface area contributed by atoms with E-state index in [4.69, 9.17) is 5.11 Å². The molecule has 2 atom stereocenters. The van der Waals surface area contributed by atoms with E-state index in [0.29, 0.717) is 18.8 Å². The lowest BCUT2D eigenvalue weighted by Crippen LogP contribution is -2.41. The quantitative estimate of drug-likeness (QED) is 0.901. The summed E-state index contributed by atoms with van der Waals surface area (Å²) in [7, 11) is 0. The van der Waals surface area contributed by atoms with Crippen LogP contribution in [-0.2, 0) is 0 Å². The number of β-amino-alcohol motifs (C(OH)–C–C–N with tert-alkyl or cyclic N) is 1. The van der Waals surface area contributed by atoms with Crippen molar-refractivity contribution >= 4 is 22.5 Å². The fraction of sp³-hybridized carbons (Fsp3) is 0.421. The molecule has 26 heavy (non-hydrogen) atoms. The lowest BCUT2D eigenvalue weighted by atomic mass is 10.1. The van der Waals surface area contributed by atoms with Crippen molar-refractivity contribution in [3.63, 3.8) is 0 Å². The van der Waals surface area contributed by atoms with Gasteiger partial charge >= 0.3 is 6.03 Å². The van der Waals surface area contributed by atoms with Gasteiger partial charge in [0.15, 0.2) is 0 Å². The van der Waals surface area contributed by atoms with Crippen LogP contribution in [0.15, 0.2) is 36.7 Å². The summed E-state index contributed by atoms with van der Waals surface area (Å²) in [6.45, 7) is 2.75. The number of hydrogen-bond donors (Lipinski definition) is 1. The molecular formula is C19H21N5O2. The zero-order valence-electron chi connectivity index (χ0n) is 14.5. The van der Waals surface area contributed by atoms with E-state index in [0.717, 1.165) is 30.3 Å². The van der Waals surface area contributed by atoms with Crippen molar-refractivity contribution in [3.8, 4) is 6.07 Å². The van der Waals surface area contributed by atoms with Crippen LogP contribution in [0.2, 0.25) is 0 Å². The van der Waals surface area contributed by atoms with E-state index in [1.807, 2.05) is 29.2 Å². The molecule has 7 nitrogen and oxygen atoms in total. The number of carbonyl (C=O) groups is 1. The number of fused-ring (bicyclic) bond motifs is 1. The van der Waals surface area contributed by atoms with Gasteiger partial charge in [-0.3, -0.25) is 14.8 Å². The summed E-state index contributed by atoms with van der Waals surface area (Å²) in [5.74, 6) is 0. The second-order valence-electron chi connectivity index (χ2n) is 6.80. The maximum atomic E-state index is 13.2. The van der Waals surface area contributed by atoms with Crippen LogP contribution in [0.4, 0.5) is 10.5 Å². The van der Waals surface area contributed by atoms with Crippen molar-refractivity contribution in [1.29, 1.82) is 5.26 Å². The Morgan fingerprint density at radius 1 is 1.27 bits per heavy atom. The second kappa shape index (κ2) is 6.90. The van der Waals surface area contributed by atoms with Gasteiger partial charge in [-0.25, -0.2) is 4.79 Å². The molecule has 1 aromatic carbocycles. The molecule has 2 fully saturated rings. The third-order valence-corrected chi connectivity index (χ3v) is 5.29. The van der Waals surface area contributed by atoms with Gasteiger partial charge in [-0.2, -0.15) is 5.26 Å². The van der Waals surface area contributed by atoms with Crippen LogP contribution in [0.25, 0.3) is 10.8 Å². The van der Waals surface area contributed by atoms with Crippen LogP contribution in [0, 0.1) is 11.3 Å². The predicted octanol–water partition coefficient (Wildman–Crippen LogP) is 1.44. The van der Waals surface area contributed by atoms with E-state index >= 15 is 0 Å². The van der Waals surface area contributed by atoms with Crippen LogP contribution >= 0.6 is 0 Å². The summed E-state index contributed by atoms with van der Waals surface area (Å²) in [6, 6.07) is 9.47. The summed E-state index contributed by atoms with van der Waals surface area (Å²) < 4.78 is 0. The molecule has 2 aliphatic heterocycles. The Bertz CT molecular complexity index is 859. The van der Waals surface area contributed by atoms with Gasteiger partial charge in [0.1, 0.15) is 6.04 Å². The maximum absolute atomic E-state index is 13.2. The van der Waals surface area contributed by atoms with Crippen LogP contribution in [0.1, 0.15) is 6.42 Å². The number of anilines is 1. The number of carbonyl (C=O) groups excluding carboxylic acids is 1. The van der Waals surface area contributed by atoms with E-state index < -0.39 is 6.04 Å². The molecule has 3 heterocycles. The molecule has 2 amide bonds. The number of nitrogens with zero attached hydrogens (tertiary/aromatic N) is 5. The normalized spacial score (nSPS) is 23.8. The van der Waals surface area contributed by atoms with Gasteiger partial charge in [-0.15, -0.1) is 0 Å². The lowest BCUT2D eigenvalue weighted by Gasteiger charge is -2.25. The second-order valence-corrected chi connectivity index (χ2v) is 6.80. The van der Waals surface area contributed by atoms with Crippen LogP contribution in [-0.4, -0.2) is 70.8 Å².